The van der Waals surface area contributed by atoms with E-state index < -0.39 is 20.7 Å². The highest BCUT2D eigenvalue weighted by atomic mass is 35.5. The van der Waals surface area contributed by atoms with Crippen LogP contribution in [0.15, 0.2) is 28.6 Å². The van der Waals surface area contributed by atoms with Gasteiger partial charge in [-0.3, -0.25) is 4.72 Å². The average Bonchev–Trinajstić information content (AvgIpc) is 3.17. The van der Waals surface area contributed by atoms with Gasteiger partial charge in [-0.15, -0.1) is 11.3 Å². The number of hydrogen-bond donors (Lipinski definition) is 2. The van der Waals surface area contributed by atoms with Gasteiger partial charge in [-0.05, 0) is 45.0 Å². The molecule has 0 aliphatic heterocycles. The molecule has 1 aliphatic rings. The second kappa shape index (κ2) is 9.59. The van der Waals surface area contributed by atoms with Crippen molar-refractivity contribution in [3.05, 3.63) is 34.5 Å². The zero-order chi connectivity index (χ0) is 21.0. The number of halogens is 2. The van der Waals surface area contributed by atoms with Crippen LogP contribution in [-0.4, -0.2) is 44.0 Å². The molecule has 1 aromatic heterocycles. The minimum absolute atomic E-state index is 0.133. The molecule has 160 valence electrons. The third-order valence-electron chi connectivity index (χ3n) is 5.18. The molecule has 1 aromatic carbocycles. The molecule has 2 atom stereocenters. The fraction of sp³-hybridized carbons (Fsp3) is 0.526. The lowest BCUT2D eigenvalue weighted by Crippen LogP contribution is -2.47. The zero-order valence-electron chi connectivity index (χ0n) is 16.5. The molecule has 0 bridgehead atoms. The van der Waals surface area contributed by atoms with Gasteiger partial charge in [-0.25, -0.2) is 17.8 Å². The first kappa shape index (κ1) is 22.3. The molecular formula is C19H26ClFN4O2S2. The Hall–Kier alpha value is -1.42. The van der Waals surface area contributed by atoms with Crippen LogP contribution in [0.1, 0.15) is 39.0 Å². The molecule has 1 fully saturated rings. The summed E-state index contributed by atoms with van der Waals surface area (Å²) in [5.41, 5.74) is 0.416. The number of benzene rings is 1. The van der Waals surface area contributed by atoms with Crippen LogP contribution in [-0.2, 0) is 10.0 Å². The van der Waals surface area contributed by atoms with Crippen molar-refractivity contribution >= 4 is 43.8 Å². The number of aromatic nitrogens is 1. The maximum Gasteiger partial charge on any atom is 0.266 e. The molecule has 0 unspecified atom stereocenters. The van der Waals surface area contributed by atoms with Gasteiger partial charge >= 0.3 is 0 Å². The van der Waals surface area contributed by atoms with Crippen molar-refractivity contribution in [2.75, 3.05) is 23.6 Å². The molecule has 3 rings (SSSR count). The van der Waals surface area contributed by atoms with E-state index in [1.54, 1.807) is 5.38 Å². The summed E-state index contributed by atoms with van der Waals surface area (Å²) in [6.07, 6.45) is 6.82. The second-order valence-corrected chi connectivity index (χ2v) is 10.2. The van der Waals surface area contributed by atoms with Crippen molar-refractivity contribution in [1.82, 2.24) is 9.88 Å². The number of hydrogen-bond acceptors (Lipinski definition) is 6. The fourth-order valence-electron chi connectivity index (χ4n) is 3.81. The van der Waals surface area contributed by atoms with Crippen LogP contribution in [0.25, 0.3) is 0 Å². The molecule has 29 heavy (non-hydrogen) atoms. The van der Waals surface area contributed by atoms with Gasteiger partial charge in [-0.1, -0.05) is 31.4 Å². The first-order valence-electron chi connectivity index (χ1n) is 9.70. The lowest BCUT2D eigenvalue weighted by Gasteiger charge is -2.39. The quantitative estimate of drug-likeness (QED) is 0.591. The van der Waals surface area contributed by atoms with Gasteiger partial charge in [0.15, 0.2) is 5.13 Å². The minimum Gasteiger partial charge on any atom is -0.379 e. The molecule has 1 saturated carbocycles. The van der Waals surface area contributed by atoms with E-state index in [2.05, 4.69) is 33.9 Å². The summed E-state index contributed by atoms with van der Waals surface area (Å²) >= 11 is 7.46. The Morgan fingerprint density at radius 2 is 2.10 bits per heavy atom. The fourth-order valence-corrected chi connectivity index (χ4v) is 5.97. The maximum absolute atomic E-state index is 14.7. The Morgan fingerprint density at radius 1 is 1.34 bits per heavy atom. The van der Waals surface area contributed by atoms with Crippen LogP contribution in [0.2, 0.25) is 5.02 Å². The van der Waals surface area contributed by atoms with E-state index in [0.717, 1.165) is 49.6 Å². The van der Waals surface area contributed by atoms with Gasteiger partial charge in [0, 0.05) is 23.7 Å². The van der Waals surface area contributed by atoms with E-state index in [1.165, 1.54) is 18.7 Å². The first-order chi connectivity index (χ1) is 13.8. The highest BCUT2D eigenvalue weighted by Gasteiger charge is 2.29. The zero-order valence-corrected chi connectivity index (χ0v) is 18.9. The Labute approximate surface area is 180 Å². The number of nitrogens with one attached hydrogen (secondary N) is 2. The Balaban J connectivity index is 1.81. The molecule has 0 radical (unpaired) electrons. The average molecular weight is 461 g/mol. The largest absolute Gasteiger partial charge is 0.379 e. The van der Waals surface area contributed by atoms with Crippen LogP contribution in [0.5, 0.6) is 0 Å². The molecule has 6 nitrogen and oxygen atoms in total. The number of nitrogens with zero attached hydrogens (tertiary/aromatic N) is 2. The number of rotatable bonds is 8. The molecular weight excluding hydrogens is 435 g/mol. The van der Waals surface area contributed by atoms with Crippen LogP contribution in [0.3, 0.4) is 0 Å². The summed E-state index contributed by atoms with van der Waals surface area (Å²) in [5.74, 6) is -0.852. The summed E-state index contributed by atoms with van der Waals surface area (Å²) in [7, 11) is -2.01. The monoisotopic (exact) mass is 460 g/mol. The van der Waals surface area contributed by atoms with Crippen molar-refractivity contribution in [1.29, 1.82) is 0 Å². The van der Waals surface area contributed by atoms with Gasteiger partial charge in [-0.2, -0.15) is 0 Å². The topological polar surface area (TPSA) is 74.3 Å². The molecule has 10 heteroatoms. The number of thiazole rings is 1. The third kappa shape index (κ3) is 5.39. The van der Waals surface area contributed by atoms with Gasteiger partial charge in [0.25, 0.3) is 10.0 Å². The van der Waals surface area contributed by atoms with Crippen molar-refractivity contribution in [3.8, 4) is 0 Å². The van der Waals surface area contributed by atoms with E-state index in [1.807, 2.05) is 0 Å². The van der Waals surface area contributed by atoms with Crippen molar-refractivity contribution in [2.24, 2.45) is 0 Å². The highest BCUT2D eigenvalue weighted by Crippen LogP contribution is 2.32. The smallest absolute Gasteiger partial charge is 0.266 e. The molecule has 0 saturated heterocycles. The van der Waals surface area contributed by atoms with Crippen LogP contribution >= 0.6 is 22.9 Å². The number of anilines is 2. The Morgan fingerprint density at radius 3 is 2.79 bits per heavy atom. The molecule has 1 heterocycles. The summed E-state index contributed by atoms with van der Waals surface area (Å²) in [6, 6.07) is 2.79. The molecule has 0 spiro atoms. The minimum atomic E-state index is -4.12. The summed E-state index contributed by atoms with van der Waals surface area (Å²) < 4.78 is 42.0. The van der Waals surface area contributed by atoms with Crippen molar-refractivity contribution < 1.29 is 12.8 Å². The van der Waals surface area contributed by atoms with Crippen LogP contribution in [0.4, 0.5) is 15.2 Å². The number of sulfonamides is 1. The van der Waals surface area contributed by atoms with Gasteiger partial charge in [0.1, 0.15) is 10.7 Å². The lowest BCUT2D eigenvalue weighted by molar-refractivity contribution is 0.177. The number of likely N-dealkylation sites (N-methyl/N-ethyl adjacent to an activating group) is 1. The van der Waals surface area contributed by atoms with Crippen LogP contribution < -0.4 is 10.0 Å². The van der Waals surface area contributed by atoms with Gasteiger partial charge in [0.2, 0.25) is 0 Å². The highest BCUT2D eigenvalue weighted by molar-refractivity contribution is 7.93. The third-order valence-corrected chi connectivity index (χ3v) is 7.66. The van der Waals surface area contributed by atoms with E-state index >= 15 is 0 Å². The molecule has 2 N–H and O–H groups in total. The Kier molecular flexibility index (Phi) is 7.37. The van der Waals surface area contributed by atoms with Crippen molar-refractivity contribution in [2.45, 2.75) is 56.0 Å². The van der Waals surface area contributed by atoms with Gasteiger partial charge in [0.05, 0.1) is 10.7 Å². The van der Waals surface area contributed by atoms with E-state index in [0.29, 0.717) is 11.7 Å². The predicted octanol–water partition coefficient (Wildman–Crippen LogP) is 4.80. The second-order valence-electron chi connectivity index (χ2n) is 7.29. The lowest BCUT2D eigenvalue weighted by atomic mass is 9.89. The molecule has 1 aliphatic carbocycles. The predicted molar refractivity (Wildman–Crippen MR) is 117 cm³/mol. The van der Waals surface area contributed by atoms with Crippen molar-refractivity contribution in [3.63, 3.8) is 0 Å². The van der Waals surface area contributed by atoms with E-state index in [-0.39, 0.29) is 16.2 Å². The van der Waals surface area contributed by atoms with Crippen LogP contribution in [0, 0.1) is 5.82 Å². The first-order valence-corrected chi connectivity index (χ1v) is 12.4. The standard InChI is InChI=1S/C19H26ClFN4O2S2/c1-3-9-25(2)17-7-5-4-6-15(17)23-16-12-14(21)18(11-13(16)20)29(26,27)24-19-22-8-10-28-19/h8,10-12,15,17,23H,3-7,9H2,1-2H3,(H,22,24)/t15-,17-/m0/s1. The Bertz CT molecular complexity index is 925. The van der Waals surface area contributed by atoms with E-state index in [9.17, 15) is 12.8 Å². The molecule has 0 amide bonds. The SMILES string of the molecule is CCCN(C)[C@H]1CCCC[C@@H]1Nc1cc(F)c(S(=O)(=O)Nc2nccs2)cc1Cl. The van der Waals surface area contributed by atoms with E-state index in [4.69, 9.17) is 11.6 Å². The summed E-state index contributed by atoms with van der Waals surface area (Å²) in [6.45, 7) is 3.14. The maximum atomic E-state index is 14.7. The van der Waals surface area contributed by atoms with Gasteiger partial charge < -0.3 is 10.2 Å². The summed E-state index contributed by atoms with van der Waals surface area (Å²) in [5, 5.41) is 5.34. The normalized spacial score (nSPS) is 20.0. The summed E-state index contributed by atoms with van der Waals surface area (Å²) in [4.78, 5) is 5.71. The molecule has 2 aromatic rings.